The van der Waals surface area contributed by atoms with E-state index in [2.05, 4.69) is 0 Å². The molecule has 1 rings (SSSR count). The lowest BCUT2D eigenvalue weighted by atomic mass is 10.2. The van der Waals surface area contributed by atoms with Crippen molar-refractivity contribution in [1.29, 1.82) is 0 Å². The number of carbonyl (C=O) groups is 3. The lowest BCUT2D eigenvalue weighted by molar-refractivity contribution is 0.0889. The maximum Gasteiger partial charge on any atom is 0.350 e. The Morgan fingerprint density at radius 3 is 0.909 bits per heavy atom. The third-order valence-electron chi connectivity index (χ3n) is 4.24. The monoisotopic (exact) mass is 465 g/mol. The van der Waals surface area contributed by atoms with Crippen LogP contribution in [0.5, 0.6) is 0 Å². The van der Waals surface area contributed by atoms with E-state index >= 15 is 0 Å². The molecule has 0 amide bonds. The van der Waals surface area contributed by atoms with Gasteiger partial charge in [-0.2, -0.15) is 13.7 Å². The third kappa shape index (κ3) is 6.28. The highest BCUT2D eigenvalue weighted by Crippen LogP contribution is 2.02. The first-order valence-electron chi connectivity index (χ1n) is 9.86. The van der Waals surface area contributed by atoms with Crippen molar-refractivity contribution in [3.8, 4) is 0 Å². The van der Waals surface area contributed by atoms with Crippen LogP contribution < -0.4 is 17.1 Å². The van der Waals surface area contributed by atoms with Gasteiger partial charge in [-0.3, -0.25) is 14.4 Å². The highest BCUT2D eigenvalue weighted by atomic mass is 16.3. The summed E-state index contributed by atoms with van der Waals surface area (Å²) in [6.45, 7) is 7.46. The molecule has 3 N–H and O–H groups in total. The van der Waals surface area contributed by atoms with E-state index in [9.17, 15) is 44.1 Å². The fourth-order valence-electron chi connectivity index (χ4n) is 2.90. The molecule has 0 aliphatic heterocycles. The van der Waals surface area contributed by atoms with Crippen molar-refractivity contribution in [2.24, 2.45) is 0 Å². The smallest absolute Gasteiger partial charge is 0.350 e. The SMILES string of the molecule is C/C(=C\C(C)O)C(=O)n1c(=O)n(C(=O)/C(C)=C/C(C)O)c(=O)n(C(=O)/C(C)=C/C(C)O)c1=O. The molecule has 0 spiro atoms. The van der Waals surface area contributed by atoms with Crippen molar-refractivity contribution in [3.63, 3.8) is 0 Å². The Kier molecular flexibility index (Phi) is 9.10. The van der Waals surface area contributed by atoms with Gasteiger partial charge in [-0.05, 0) is 59.8 Å². The molecular weight excluding hydrogens is 438 g/mol. The maximum atomic E-state index is 12.9. The predicted molar refractivity (Wildman–Crippen MR) is 117 cm³/mol. The van der Waals surface area contributed by atoms with Gasteiger partial charge in [0.2, 0.25) is 0 Å². The highest BCUT2D eigenvalue weighted by Gasteiger charge is 2.28. The fourth-order valence-corrected chi connectivity index (χ4v) is 2.90. The number of allylic oxidation sites excluding steroid dienone is 3. The summed E-state index contributed by atoms with van der Waals surface area (Å²) in [6, 6.07) is 0. The van der Waals surface area contributed by atoms with Gasteiger partial charge in [0.25, 0.3) is 17.7 Å². The van der Waals surface area contributed by atoms with E-state index in [1.165, 1.54) is 41.5 Å². The second kappa shape index (κ2) is 10.9. The number of carbonyl (C=O) groups excluding carboxylic acids is 3. The maximum absolute atomic E-state index is 12.9. The average Bonchev–Trinajstić information content (AvgIpc) is 2.65. The molecule has 3 unspecified atom stereocenters. The van der Waals surface area contributed by atoms with Crippen LogP contribution in [0.4, 0.5) is 0 Å². The number of aliphatic hydroxyl groups is 3. The van der Waals surface area contributed by atoms with Crippen LogP contribution in [0, 0.1) is 0 Å². The summed E-state index contributed by atoms with van der Waals surface area (Å²) in [4.78, 5) is 77.2. The molecule has 12 nitrogen and oxygen atoms in total. The summed E-state index contributed by atoms with van der Waals surface area (Å²) in [7, 11) is 0. The Morgan fingerprint density at radius 1 is 0.576 bits per heavy atom. The quantitative estimate of drug-likeness (QED) is 0.448. The van der Waals surface area contributed by atoms with Gasteiger partial charge >= 0.3 is 17.1 Å². The molecule has 33 heavy (non-hydrogen) atoms. The average molecular weight is 465 g/mol. The van der Waals surface area contributed by atoms with Crippen LogP contribution in [0.2, 0.25) is 0 Å². The first kappa shape index (κ1) is 27.6. The Bertz CT molecular complexity index is 1050. The Balaban J connectivity index is 4.15. The van der Waals surface area contributed by atoms with E-state index in [0.717, 1.165) is 18.2 Å². The molecule has 0 saturated heterocycles. The van der Waals surface area contributed by atoms with E-state index < -0.39 is 53.1 Å². The molecule has 3 atom stereocenters. The minimum atomic E-state index is -1.63. The van der Waals surface area contributed by atoms with Gasteiger partial charge in [0, 0.05) is 16.7 Å². The van der Waals surface area contributed by atoms with Crippen LogP contribution in [0.15, 0.2) is 49.3 Å². The van der Waals surface area contributed by atoms with Gasteiger partial charge in [-0.25, -0.2) is 14.4 Å². The number of aromatic nitrogens is 3. The zero-order valence-corrected chi connectivity index (χ0v) is 19.1. The van der Waals surface area contributed by atoms with Crippen LogP contribution >= 0.6 is 0 Å². The molecule has 1 heterocycles. The van der Waals surface area contributed by atoms with E-state index in [1.807, 2.05) is 0 Å². The minimum absolute atomic E-state index is 0.0727. The van der Waals surface area contributed by atoms with Crippen molar-refractivity contribution in [3.05, 3.63) is 66.4 Å². The van der Waals surface area contributed by atoms with Crippen molar-refractivity contribution in [2.75, 3.05) is 0 Å². The molecule has 0 aliphatic carbocycles. The Morgan fingerprint density at radius 2 is 0.758 bits per heavy atom. The summed E-state index contributed by atoms with van der Waals surface area (Å²) in [5, 5.41) is 28.4. The van der Waals surface area contributed by atoms with E-state index in [-0.39, 0.29) is 30.4 Å². The van der Waals surface area contributed by atoms with E-state index in [4.69, 9.17) is 0 Å². The van der Waals surface area contributed by atoms with E-state index in [1.54, 1.807) is 0 Å². The van der Waals surface area contributed by atoms with Gasteiger partial charge in [0.05, 0.1) is 18.3 Å². The third-order valence-corrected chi connectivity index (χ3v) is 4.24. The molecule has 0 aromatic carbocycles. The van der Waals surface area contributed by atoms with Gasteiger partial charge in [-0.15, -0.1) is 0 Å². The molecule has 0 fully saturated rings. The van der Waals surface area contributed by atoms with Gasteiger partial charge in [0.1, 0.15) is 0 Å². The summed E-state index contributed by atoms with van der Waals surface area (Å²) < 4.78 is -0.218. The second-order valence-electron chi connectivity index (χ2n) is 7.54. The second-order valence-corrected chi connectivity index (χ2v) is 7.54. The first-order chi connectivity index (χ1) is 15.1. The minimum Gasteiger partial charge on any atom is -0.389 e. The van der Waals surface area contributed by atoms with Gasteiger partial charge in [-0.1, -0.05) is 0 Å². The number of hydrogen-bond donors (Lipinski definition) is 3. The van der Waals surface area contributed by atoms with Crippen LogP contribution in [-0.4, -0.2) is 65.1 Å². The number of rotatable bonds is 6. The largest absolute Gasteiger partial charge is 0.389 e. The fraction of sp³-hybridized carbons (Fsp3) is 0.429. The predicted octanol–water partition coefficient (Wildman–Crippen LogP) is -0.926. The lowest BCUT2D eigenvalue weighted by Gasteiger charge is -2.13. The molecule has 0 aliphatic rings. The summed E-state index contributed by atoms with van der Waals surface area (Å²) in [5.41, 5.74) is -5.69. The summed E-state index contributed by atoms with van der Waals surface area (Å²) in [5.74, 6) is -3.82. The molecule has 180 valence electrons. The Labute approximate surface area is 188 Å². The molecule has 12 heteroatoms. The number of hydrogen-bond acceptors (Lipinski definition) is 9. The number of aliphatic hydroxyl groups excluding tert-OH is 3. The zero-order valence-electron chi connectivity index (χ0n) is 19.1. The van der Waals surface area contributed by atoms with Crippen molar-refractivity contribution in [1.82, 2.24) is 13.7 Å². The normalized spacial score (nSPS) is 15.7. The van der Waals surface area contributed by atoms with Gasteiger partial charge in [0.15, 0.2) is 0 Å². The van der Waals surface area contributed by atoms with Gasteiger partial charge < -0.3 is 15.3 Å². The lowest BCUT2D eigenvalue weighted by Crippen LogP contribution is -2.59. The van der Waals surface area contributed by atoms with Crippen LogP contribution in [0.25, 0.3) is 0 Å². The summed E-state index contributed by atoms with van der Waals surface area (Å²) >= 11 is 0. The topological polar surface area (TPSA) is 178 Å². The van der Waals surface area contributed by atoms with Crippen molar-refractivity contribution < 1.29 is 29.7 Å². The standard InChI is InChI=1S/C21H27N3O9/c1-10(7-13(4)25)16(28)22-19(31)23(17(29)11(2)8-14(5)26)21(33)24(20(22)32)18(30)12(3)9-15(6)27/h7-9,13-15,25-27H,1-6H3/b10-7+,11-8+,12-9+. The van der Waals surface area contributed by atoms with Crippen molar-refractivity contribution in [2.45, 2.75) is 59.9 Å². The van der Waals surface area contributed by atoms with E-state index in [0.29, 0.717) is 0 Å². The number of nitrogens with zero attached hydrogens (tertiary/aromatic N) is 3. The van der Waals surface area contributed by atoms with Crippen LogP contribution in [-0.2, 0) is 0 Å². The molecule has 0 saturated carbocycles. The summed E-state index contributed by atoms with van der Waals surface area (Å²) in [6.07, 6.45) is -0.325. The molecule has 0 bridgehead atoms. The first-order valence-corrected chi connectivity index (χ1v) is 9.86. The van der Waals surface area contributed by atoms with Crippen LogP contribution in [0.3, 0.4) is 0 Å². The Hall–Kier alpha value is -3.48. The van der Waals surface area contributed by atoms with Crippen LogP contribution in [0.1, 0.15) is 55.9 Å². The zero-order chi connectivity index (χ0) is 25.8. The molecule has 1 aromatic rings. The molecular formula is C21H27N3O9. The molecule has 1 aromatic heterocycles. The highest BCUT2D eigenvalue weighted by molar-refractivity contribution is 5.98. The molecule has 0 radical (unpaired) electrons. The van der Waals surface area contributed by atoms with Crippen molar-refractivity contribution >= 4 is 17.7 Å².